The van der Waals surface area contributed by atoms with Gasteiger partial charge in [-0.05, 0) is 57.2 Å². The van der Waals surface area contributed by atoms with Gasteiger partial charge in [-0.1, -0.05) is 12.8 Å². The third kappa shape index (κ3) is 3.50. The molecule has 0 aromatic carbocycles. The first-order chi connectivity index (χ1) is 10.8. The van der Waals surface area contributed by atoms with Crippen molar-refractivity contribution in [3.63, 3.8) is 0 Å². The van der Waals surface area contributed by atoms with E-state index in [1.54, 1.807) is 11.3 Å². The van der Waals surface area contributed by atoms with Gasteiger partial charge in [0.25, 0.3) is 0 Å². The lowest BCUT2D eigenvalue weighted by Crippen LogP contribution is -2.33. The number of thiophene rings is 1. The molecule has 0 bridgehead atoms. The Morgan fingerprint density at radius 1 is 1.14 bits per heavy atom. The van der Waals surface area contributed by atoms with E-state index in [1.165, 1.54) is 42.5 Å². The van der Waals surface area contributed by atoms with Gasteiger partial charge in [0.1, 0.15) is 11.1 Å². The highest BCUT2D eigenvalue weighted by Crippen LogP contribution is 2.37. The van der Waals surface area contributed by atoms with Gasteiger partial charge < -0.3 is 5.32 Å². The van der Waals surface area contributed by atoms with Crippen molar-refractivity contribution in [2.24, 2.45) is 0 Å². The largest absolute Gasteiger partial charge is 0.315 e. The number of fused-ring (bicyclic) bond motifs is 1. The van der Waals surface area contributed by atoms with E-state index in [0.717, 1.165) is 37.4 Å². The molecule has 1 aromatic heterocycles. The fourth-order valence-electron chi connectivity index (χ4n) is 3.44. The first-order valence-corrected chi connectivity index (χ1v) is 9.16. The Balaban J connectivity index is 1.66. The van der Waals surface area contributed by atoms with Crippen molar-refractivity contribution >= 4 is 22.2 Å². The number of aryl methyl sites for hydroxylation is 1. The monoisotopic (exact) mass is 317 g/mol. The number of nitrogens with one attached hydrogen (secondary N) is 1. The van der Waals surface area contributed by atoms with Gasteiger partial charge in [-0.2, -0.15) is 5.26 Å². The minimum Gasteiger partial charge on any atom is -0.315 e. The van der Waals surface area contributed by atoms with Crippen LogP contribution in [0.2, 0.25) is 0 Å². The molecule has 0 unspecified atom stereocenters. The van der Waals surface area contributed by atoms with Crippen molar-refractivity contribution in [1.82, 2.24) is 4.90 Å². The lowest BCUT2D eigenvalue weighted by Gasteiger charge is -2.18. The normalized spacial score (nSPS) is 19.0. The zero-order valence-electron chi connectivity index (χ0n) is 13.0. The molecule has 3 rings (SSSR count). The van der Waals surface area contributed by atoms with Crippen molar-refractivity contribution in [2.45, 2.75) is 51.4 Å². The first-order valence-electron chi connectivity index (χ1n) is 8.35. The van der Waals surface area contributed by atoms with Crippen molar-refractivity contribution in [3.05, 3.63) is 16.0 Å². The highest BCUT2D eigenvalue weighted by Gasteiger charge is 2.22. The van der Waals surface area contributed by atoms with Crippen LogP contribution in [0.1, 0.15) is 54.5 Å². The number of amides is 1. The van der Waals surface area contributed by atoms with E-state index in [1.807, 2.05) is 0 Å². The molecule has 0 atom stereocenters. The Morgan fingerprint density at radius 2 is 1.86 bits per heavy atom. The maximum absolute atomic E-state index is 12.3. The van der Waals surface area contributed by atoms with E-state index in [2.05, 4.69) is 16.3 Å². The van der Waals surface area contributed by atoms with Gasteiger partial charge in [-0.25, -0.2) is 0 Å². The molecule has 0 spiro atoms. The molecule has 22 heavy (non-hydrogen) atoms. The summed E-state index contributed by atoms with van der Waals surface area (Å²) in [5, 5.41) is 13.2. The lowest BCUT2D eigenvalue weighted by atomic mass is 9.96. The summed E-state index contributed by atoms with van der Waals surface area (Å²) in [6, 6.07) is 2.30. The second-order valence-corrected chi connectivity index (χ2v) is 7.37. The van der Waals surface area contributed by atoms with E-state index in [9.17, 15) is 10.1 Å². The van der Waals surface area contributed by atoms with Gasteiger partial charge in [0, 0.05) is 4.88 Å². The summed E-state index contributed by atoms with van der Waals surface area (Å²) in [4.78, 5) is 15.9. The predicted octanol–water partition coefficient (Wildman–Crippen LogP) is 3.31. The minimum atomic E-state index is 0.0250. The second-order valence-electron chi connectivity index (χ2n) is 6.27. The van der Waals surface area contributed by atoms with Crippen LogP contribution in [0.5, 0.6) is 0 Å². The molecule has 0 radical (unpaired) electrons. The average Bonchev–Trinajstić information content (AvgIpc) is 2.68. The quantitative estimate of drug-likeness (QED) is 0.930. The zero-order chi connectivity index (χ0) is 15.4. The number of carbonyl (C=O) groups is 1. The summed E-state index contributed by atoms with van der Waals surface area (Å²) >= 11 is 1.61. The van der Waals surface area contributed by atoms with Gasteiger partial charge >= 0.3 is 0 Å². The van der Waals surface area contributed by atoms with Crippen LogP contribution in [0, 0.1) is 11.3 Å². The summed E-state index contributed by atoms with van der Waals surface area (Å²) in [6.45, 7) is 2.48. The number of nitriles is 1. The van der Waals surface area contributed by atoms with E-state index >= 15 is 0 Å². The SMILES string of the molecule is N#Cc1c(NC(=O)CN2CCCCCC2)sc2c1CCCC2. The van der Waals surface area contributed by atoms with E-state index < -0.39 is 0 Å². The molecule has 0 saturated carbocycles. The molecule has 1 aliphatic carbocycles. The van der Waals surface area contributed by atoms with Crippen LogP contribution in [0.4, 0.5) is 5.00 Å². The van der Waals surface area contributed by atoms with Gasteiger partial charge in [0.05, 0.1) is 12.1 Å². The number of nitrogens with zero attached hydrogens (tertiary/aromatic N) is 2. The number of carbonyl (C=O) groups excluding carboxylic acids is 1. The third-order valence-electron chi connectivity index (χ3n) is 4.60. The fraction of sp³-hybridized carbons (Fsp3) is 0.647. The Hall–Kier alpha value is -1.38. The number of likely N-dealkylation sites (tertiary alicyclic amines) is 1. The van der Waals surface area contributed by atoms with Crippen LogP contribution in [-0.4, -0.2) is 30.4 Å². The van der Waals surface area contributed by atoms with Crippen LogP contribution >= 0.6 is 11.3 Å². The lowest BCUT2D eigenvalue weighted by molar-refractivity contribution is -0.117. The molecule has 1 saturated heterocycles. The van der Waals surface area contributed by atoms with Gasteiger partial charge in [-0.3, -0.25) is 9.69 Å². The third-order valence-corrected chi connectivity index (χ3v) is 5.81. The number of rotatable bonds is 3. The Labute approximate surface area is 136 Å². The number of anilines is 1. The smallest absolute Gasteiger partial charge is 0.239 e. The summed E-state index contributed by atoms with van der Waals surface area (Å²) < 4.78 is 0. The van der Waals surface area contributed by atoms with Crippen molar-refractivity contribution < 1.29 is 4.79 Å². The molecule has 2 aliphatic rings. The summed E-state index contributed by atoms with van der Waals surface area (Å²) in [6.07, 6.45) is 9.29. The highest BCUT2D eigenvalue weighted by atomic mass is 32.1. The van der Waals surface area contributed by atoms with Crippen LogP contribution in [-0.2, 0) is 17.6 Å². The van der Waals surface area contributed by atoms with Crippen LogP contribution in [0.15, 0.2) is 0 Å². The van der Waals surface area contributed by atoms with E-state index in [-0.39, 0.29) is 5.91 Å². The van der Waals surface area contributed by atoms with Crippen molar-refractivity contribution in [1.29, 1.82) is 5.26 Å². The summed E-state index contributed by atoms with van der Waals surface area (Å²) in [7, 11) is 0. The van der Waals surface area contributed by atoms with Gasteiger partial charge in [0.2, 0.25) is 5.91 Å². The fourth-order valence-corrected chi connectivity index (χ4v) is 4.69. The molecule has 4 nitrogen and oxygen atoms in total. The molecule has 118 valence electrons. The van der Waals surface area contributed by atoms with Gasteiger partial charge in [0.15, 0.2) is 0 Å². The predicted molar refractivity (Wildman–Crippen MR) is 89.2 cm³/mol. The van der Waals surface area contributed by atoms with Gasteiger partial charge in [-0.15, -0.1) is 11.3 Å². The Kier molecular flexibility index (Phi) is 5.12. The molecule has 5 heteroatoms. The van der Waals surface area contributed by atoms with Crippen molar-refractivity contribution in [3.8, 4) is 6.07 Å². The van der Waals surface area contributed by atoms with Crippen LogP contribution in [0.25, 0.3) is 0 Å². The van der Waals surface area contributed by atoms with E-state index in [0.29, 0.717) is 12.1 Å². The highest BCUT2D eigenvalue weighted by molar-refractivity contribution is 7.16. The molecule has 1 N–H and O–H groups in total. The second kappa shape index (κ2) is 7.26. The number of hydrogen-bond donors (Lipinski definition) is 1. The molecule has 1 aliphatic heterocycles. The Bertz CT molecular complexity index is 579. The van der Waals surface area contributed by atoms with Crippen LogP contribution in [0.3, 0.4) is 0 Å². The Morgan fingerprint density at radius 3 is 2.59 bits per heavy atom. The summed E-state index contributed by atoms with van der Waals surface area (Å²) in [5.41, 5.74) is 1.90. The maximum atomic E-state index is 12.3. The van der Waals surface area contributed by atoms with Crippen molar-refractivity contribution in [2.75, 3.05) is 25.0 Å². The molecule has 1 amide bonds. The van der Waals surface area contributed by atoms with Crippen LogP contribution < -0.4 is 5.32 Å². The molecule has 1 aromatic rings. The molecule has 1 fully saturated rings. The standard InChI is InChI=1S/C17H23N3OS/c18-11-14-13-7-3-4-8-15(13)22-17(14)19-16(21)12-20-9-5-1-2-6-10-20/h1-10,12H2,(H,19,21). The number of hydrogen-bond acceptors (Lipinski definition) is 4. The maximum Gasteiger partial charge on any atom is 0.239 e. The summed E-state index contributed by atoms with van der Waals surface area (Å²) in [5.74, 6) is 0.0250. The first kappa shape index (κ1) is 15.5. The molecular weight excluding hydrogens is 294 g/mol. The minimum absolute atomic E-state index is 0.0250. The van der Waals surface area contributed by atoms with E-state index in [4.69, 9.17) is 0 Å². The molecular formula is C17H23N3OS. The topological polar surface area (TPSA) is 56.1 Å². The zero-order valence-corrected chi connectivity index (χ0v) is 13.8. The average molecular weight is 317 g/mol. The molecule has 2 heterocycles.